The summed E-state index contributed by atoms with van der Waals surface area (Å²) in [5.41, 5.74) is 3.24. The number of ether oxygens (including phenoxy) is 1. The number of aromatic nitrogens is 4. The fourth-order valence-corrected chi connectivity index (χ4v) is 2.89. The number of aromatic amines is 2. The lowest BCUT2D eigenvalue weighted by Crippen LogP contribution is -2.06. The van der Waals surface area contributed by atoms with Gasteiger partial charge >= 0.3 is 5.97 Å². The van der Waals surface area contributed by atoms with E-state index < -0.39 is 0 Å². The lowest BCUT2D eigenvalue weighted by molar-refractivity contribution is 0.0525. The predicted molar refractivity (Wildman–Crippen MR) is 102 cm³/mol. The predicted octanol–water partition coefficient (Wildman–Crippen LogP) is 3.75. The number of nitrogens with zero attached hydrogens (tertiary/aromatic N) is 3. The van der Waals surface area contributed by atoms with E-state index in [-0.39, 0.29) is 16.6 Å². The molecule has 3 aromatic rings. The van der Waals surface area contributed by atoms with E-state index >= 15 is 0 Å². The molecule has 0 amide bonds. The van der Waals surface area contributed by atoms with Crippen molar-refractivity contribution in [1.82, 2.24) is 19.9 Å². The molecule has 0 spiro atoms. The normalized spacial score (nSPS) is 11.3. The number of esters is 1. The number of hydrogen-bond acceptors (Lipinski definition) is 5. The molecule has 0 bridgehead atoms. The second kappa shape index (κ2) is 7.67. The smallest absolute Gasteiger partial charge is 0.340 e. The summed E-state index contributed by atoms with van der Waals surface area (Å²) in [7, 11) is 0. The van der Waals surface area contributed by atoms with Crippen molar-refractivity contribution in [3.05, 3.63) is 57.4 Å². The largest absolute Gasteiger partial charge is 0.462 e. The fraction of sp³-hybridized carbons (Fsp3) is 0.222. The van der Waals surface area contributed by atoms with E-state index in [1.165, 1.54) is 16.8 Å². The van der Waals surface area contributed by atoms with Crippen LogP contribution in [0.4, 0.5) is 4.39 Å². The molecule has 2 aromatic heterocycles. The minimum absolute atomic E-state index is 0.289. The molecule has 2 N–H and O–H groups in total. The van der Waals surface area contributed by atoms with Crippen LogP contribution in [-0.4, -0.2) is 38.6 Å². The average molecular weight is 387 g/mol. The minimum atomic E-state index is -0.379. The van der Waals surface area contributed by atoms with Gasteiger partial charge in [-0.05, 0) is 62.8 Å². The zero-order valence-corrected chi connectivity index (χ0v) is 15.9. The average Bonchev–Trinajstić information content (AvgIpc) is 3.13. The highest BCUT2D eigenvalue weighted by atomic mass is 32.1. The van der Waals surface area contributed by atoms with Gasteiger partial charge in [-0.3, -0.25) is 0 Å². The summed E-state index contributed by atoms with van der Waals surface area (Å²) < 4.78 is 20.0. The molecule has 0 radical (unpaired) electrons. The first kappa shape index (κ1) is 18.7. The molecule has 3 rings (SSSR count). The van der Waals surface area contributed by atoms with E-state index in [9.17, 15) is 9.18 Å². The molecule has 27 heavy (non-hydrogen) atoms. The van der Waals surface area contributed by atoms with Crippen LogP contribution in [0.3, 0.4) is 0 Å². The minimum Gasteiger partial charge on any atom is -0.462 e. The third-order valence-corrected chi connectivity index (χ3v) is 4.28. The van der Waals surface area contributed by atoms with Gasteiger partial charge in [-0.15, -0.1) is 0 Å². The maximum absolute atomic E-state index is 13.2. The summed E-state index contributed by atoms with van der Waals surface area (Å²) in [4.78, 5) is 15.2. The lowest BCUT2D eigenvalue weighted by atomic mass is 10.1. The Labute approximate surface area is 159 Å². The van der Waals surface area contributed by atoms with Gasteiger partial charge in [-0.25, -0.2) is 14.3 Å². The first-order valence-electron chi connectivity index (χ1n) is 8.26. The van der Waals surface area contributed by atoms with Gasteiger partial charge in [0.25, 0.3) is 0 Å². The standard InChI is InChI=1S/C18H18FN5O2S/c1-4-26-17(25)15-10(2)14(21-11(15)3)9-20-24-16(22-23-18(24)27)12-5-7-13(19)8-6-12/h5-9,21H,4H2,1-3H3,(H,23,27)/b20-9+. The first-order valence-corrected chi connectivity index (χ1v) is 8.67. The van der Waals surface area contributed by atoms with Crippen molar-refractivity contribution in [3.63, 3.8) is 0 Å². The summed E-state index contributed by atoms with van der Waals surface area (Å²) >= 11 is 5.23. The number of carbonyl (C=O) groups excluding carboxylic acids is 1. The van der Waals surface area contributed by atoms with Crippen molar-refractivity contribution in [1.29, 1.82) is 0 Å². The zero-order chi connectivity index (χ0) is 19.6. The van der Waals surface area contributed by atoms with Gasteiger partial charge in [0.2, 0.25) is 4.77 Å². The summed E-state index contributed by atoms with van der Waals surface area (Å²) in [6.45, 7) is 5.67. The van der Waals surface area contributed by atoms with Crippen molar-refractivity contribution >= 4 is 24.4 Å². The number of halogens is 1. The quantitative estimate of drug-likeness (QED) is 0.396. The van der Waals surface area contributed by atoms with E-state index in [0.29, 0.717) is 34.9 Å². The van der Waals surface area contributed by atoms with Crippen LogP contribution in [0.1, 0.15) is 34.2 Å². The maximum atomic E-state index is 13.2. The molecule has 0 aliphatic heterocycles. The van der Waals surface area contributed by atoms with Gasteiger partial charge in [0.05, 0.1) is 24.1 Å². The molecule has 7 nitrogen and oxygen atoms in total. The van der Waals surface area contributed by atoms with Crippen LogP contribution >= 0.6 is 12.2 Å². The Morgan fingerprint density at radius 2 is 2.07 bits per heavy atom. The Hall–Kier alpha value is -3.07. The fourth-order valence-electron chi connectivity index (χ4n) is 2.71. The number of nitrogens with one attached hydrogen (secondary N) is 2. The lowest BCUT2D eigenvalue weighted by Gasteiger charge is -2.02. The third kappa shape index (κ3) is 3.72. The Bertz CT molecular complexity index is 1060. The van der Waals surface area contributed by atoms with E-state index in [1.807, 2.05) is 6.92 Å². The molecule has 0 saturated carbocycles. The molecular weight excluding hydrogens is 369 g/mol. The van der Waals surface area contributed by atoms with Crippen molar-refractivity contribution in [2.24, 2.45) is 5.10 Å². The second-order valence-electron chi connectivity index (χ2n) is 5.80. The Balaban J connectivity index is 1.97. The topological polar surface area (TPSA) is 88.1 Å². The van der Waals surface area contributed by atoms with Crippen LogP contribution in [0.2, 0.25) is 0 Å². The number of aryl methyl sites for hydroxylation is 1. The first-order chi connectivity index (χ1) is 12.9. The van der Waals surface area contributed by atoms with Gasteiger partial charge in [0.1, 0.15) is 5.82 Å². The molecule has 0 aliphatic rings. The van der Waals surface area contributed by atoms with Crippen molar-refractivity contribution < 1.29 is 13.9 Å². The Kier molecular flexibility index (Phi) is 5.31. The van der Waals surface area contributed by atoms with Crippen molar-refractivity contribution in [3.8, 4) is 11.4 Å². The number of hydrogen-bond donors (Lipinski definition) is 2. The molecule has 0 unspecified atom stereocenters. The number of benzene rings is 1. The van der Waals surface area contributed by atoms with Gasteiger partial charge < -0.3 is 9.72 Å². The molecule has 140 valence electrons. The molecule has 0 atom stereocenters. The van der Waals surface area contributed by atoms with Crippen LogP contribution in [0.15, 0.2) is 29.4 Å². The molecular formula is C18H18FN5O2S. The van der Waals surface area contributed by atoms with Crippen LogP contribution in [0.5, 0.6) is 0 Å². The monoisotopic (exact) mass is 387 g/mol. The van der Waals surface area contributed by atoms with E-state index in [2.05, 4.69) is 20.3 Å². The summed E-state index contributed by atoms with van der Waals surface area (Å²) in [5, 5.41) is 11.2. The van der Waals surface area contributed by atoms with Gasteiger partial charge in [0.15, 0.2) is 5.82 Å². The Morgan fingerprint density at radius 1 is 1.37 bits per heavy atom. The second-order valence-corrected chi connectivity index (χ2v) is 6.19. The molecule has 2 heterocycles. The molecule has 1 aromatic carbocycles. The highest BCUT2D eigenvalue weighted by Gasteiger charge is 2.18. The summed E-state index contributed by atoms with van der Waals surface area (Å²) in [6, 6.07) is 5.86. The van der Waals surface area contributed by atoms with Gasteiger partial charge in [0, 0.05) is 11.3 Å². The van der Waals surface area contributed by atoms with E-state index in [4.69, 9.17) is 17.0 Å². The Morgan fingerprint density at radius 3 is 2.74 bits per heavy atom. The SMILES string of the molecule is CCOC(=O)c1c(C)[nH]c(/C=N/n2c(-c3ccc(F)cc3)n[nH]c2=S)c1C. The van der Waals surface area contributed by atoms with E-state index in [1.54, 1.807) is 32.2 Å². The van der Waals surface area contributed by atoms with E-state index in [0.717, 1.165) is 5.56 Å². The highest BCUT2D eigenvalue weighted by Crippen LogP contribution is 2.20. The zero-order valence-electron chi connectivity index (χ0n) is 15.0. The van der Waals surface area contributed by atoms with Gasteiger partial charge in [-0.1, -0.05) is 0 Å². The number of rotatable bonds is 5. The molecule has 0 aliphatic carbocycles. The van der Waals surface area contributed by atoms with Crippen LogP contribution < -0.4 is 0 Å². The molecule has 9 heteroatoms. The van der Waals surface area contributed by atoms with Gasteiger partial charge in [-0.2, -0.15) is 14.9 Å². The third-order valence-electron chi connectivity index (χ3n) is 4.01. The van der Waals surface area contributed by atoms with Crippen LogP contribution in [0.25, 0.3) is 11.4 Å². The maximum Gasteiger partial charge on any atom is 0.340 e. The van der Waals surface area contributed by atoms with Crippen LogP contribution in [-0.2, 0) is 4.74 Å². The number of H-pyrrole nitrogens is 2. The molecule has 0 fully saturated rings. The number of carbonyl (C=O) groups is 1. The van der Waals surface area contributed by atoms with Crippen molar-refractivity contribution in [2.45, 2.75) is 20.8 Å². The summed E-state index contributed by atoms with van der Waals surface area (Å²) in [5.74, 6) is -0.273. The van der Waals surface area contributed by atoms with Crippen molar-refractivity contribution in [2.75, 3.05) is 6.61 Å². The summed E-state index contributed by atoms with van der Waals surface area (Å²) in [6.07, 6.45) is 1.56. The molecule has 0 saturated heterocycles. The van der Waals surface area contributed by atoms with Crippen LogP contribution in [0, 0.1) is 24.4 Å². The highest BCUT2D eigenvalue weighted by molar-refractivity contribution is 7.71.